The van der Waals surface area contributed by atoms with E-state index < -0.39 is 0 Å². The smallest absolute Gasteiger partial charge is 0.241 e. The number of amides is 1. The van der Waals surface area contributed by atoms with Gasteiger partial charge in [0.1, 0.15) is 0 Å². The molecule has 3 rings (SSSR count). The summed E-state index contributed by atoms with van der Waals surface area (Å²) in [6, 6.07) is 15.4. The van der Waals surface area contributed by atoms with Crippen LogP contribution in [-0.4, -0.2) is 50.2 Å². The predicted octanol–water partition coefficient (Wildman–Crippen LogP) is 3.64. The third kappa shape index (κ3) is 5.45. The van der Waals surface area contributed by atoms with Gasteiger partial charge in [0.2, 0.25) is 5.91 Å². The van der Waals surface area contributed by atoms with Crippen LogP contribution < -0.4 is 10.2 Å². The van der Waals surface area contributed by atoms with Crippen LogP contribution >= 0.6 is 11.6 Å². The highest BCUT2D eigenvalue weighted by molar-refractivity contribution is 6.30. The van der Waals surface area contributed by atoms with Crippen molar-refractivity contribution in [2.24, 2.45) is 0 Å². The first-order chi connectivity index (χ1) is 13.0. The highest BCUT2D eigenvalue weighted by Crippen LogP contribution is 2.20. The topological polar surface area (TPSA) is 44.8 Å². The van der Waals surface area contributed by atoms with Gasteiger partial charge in [0.05, 0.1) is 19.3 Å². The lowest BCUT2D eigenvalue weighted by Crippen LogP contribution is -2.39. The number of rotatable bonds is 6. The molecule has 0 radical (unpaired) electrons. The van der Waals surface area contributed by atoms with Crippen LogP contribution in [0.2, 0.25) is 5.02 Å². The van der Waals surface area contributed by atoms with Crippen LogP contribution in [0.4, 0.5) is 11.4 Å². The van der Waals surface area contributed by atoms with Crippen molar-refractivity contribution in [1.29, 1.82) is 0 Å². The molecule has 5 nitrogen and oxygen atoms in total. The first kappa shape index (κ1) is 19.7. The molecule has 27 heavy (non-hydrogen) atoms. The van der Waals surface area contributed by atoms with E-state index in [0.717, 1.165) is 43.2 Å². The fourth-order valence-electron chi connectivity index (χ4n) is 3.08. The number of hydrogen-bond acceptors (Lipinski definition) is 4. The zero-order valence-corrected chi connectivity index (χ0v) is 16.6. The summed E-state index contributed by atoms with van der Waals surface area (Å²) >= 11 is 6.04. The molecule has 1 amide bonds. The standard InChI is InChI=1S/C21H26ClN3O2/c1-16(24(2)15-17-4-3-5-18(22)14-17)21(26)23-19-6-8-20(9-7-19)25-10-12-27-13-11-25/h3-9,14,16H,10-13,15H2,1-2H3,(H,23,26)/t16-/m0/s1. The lowest BCUT2D eigenvalue weighted by Gasteiger charge is -2.29. The Morgan fingerprint density at radius 2 is 1.93 bits per heavy atom. The average Bonchev–Trinajstić information content (AvgIpc) is 2.68. The number of hydrogen-bond donors (Lipinski definition) is 1. The Balaban J connectivity index is 1.55. The first-order valence-electron chi connectivity index (χ1n) is 9.21. The SMILES string of the molecule is C[C@@H](C(=O)Nc1ccc(N2CCOCC2)cc1)N(C)Cc1cccc(Cl)c1. The molecular formula is C21H26ClN3O2. The van der Waals surface area contributed by atoms with Gasteiger partial charge in [-0.3, -0.25) is 9.69 Å². The highest BCUT2D eigenvalue weighted by Gasteiger charge is 2.18. The number of anilines is 2. The Kier molecular flexibility index (Phi) is 6.72. The normalized spacial score (nSPS) is 15.6. The Bertz CT molecular complexity index is 760. The Morgan fingerprint density at radius 1 is 1.22 bits per heavy atom. The van der Waals surface area contributed by atoms with E-state index in [9.17, 15) is 4.79 Å². The zero-order valence-electron chi connectivity index (χ0n) is 15.8. The summed E-state index contributed by atoms with van der Waals surface area (Å²) in [5.41, 5.74) is 3.04. The molecule has 1 aliphatic rings. The van der Waals surface area contributed by atoms with E-state index in [1.165, 1.54) is 0 Å². The molecule has 0 saturated carbocycles. The van der Waals surface area contributed by atoms with Crippen LogP contribution in [-0.2, 0) is 16.1 Å². The average molecular weight is 388 g/mol. The monoisotopic (exact) mass is 387 g/mol. The number of ether oxygens (including phenoxy) is 1. The molecule has 0 spiro atoms. The first-order valence-corrected chi connectivity index (χ1v) is 9.59. The quantitative estimate of drug-likeness (QED) is 0.822. The van der Waals surface area contributed by atoms with Crippen molar-refractivity contribution in [2.75, 3.05) is 43.6 Å². The second kappa shape index (κ2) is 9.22. The van der Waals surface area contributed by atoms with E-state index in [4.69, 9.17) is 16.3 Å². The molecule has 144 valence electrons. The van der Waals surface area contributed by atoms with Gasteiger partial charge in [-0.15, -0.1) is 0 Å². The van der Waals surface area contributed by atoms with Gasteiger partial charge < -0.3 is 15.0 Å². The molecule has 0 aromatic heterocycles. The van der Waals surface area contributed by atoms with Crippen molar-refractivity contribution in [3.8, 4) is 0 Å². The predicted molar refractivity (Wildman–Crippen MR) is 110 cm³/mol. The molecular weight excluding hydrogens is 362 g/mol. The van der Waals surface area contributed by atoms with Gasteiger partial charge in [0.25, 0.3) is 0 Å². The van der Waals surface area contributed by atoms with Crippen LogP contribution in [0.25, 0.3) is 0 Å². The minimum Gasteiger partial charge on any atom is -0.378 e. The molecule has 1 N–H and O–H groups in total. The van der Waals surface area contributed by atoms with Crippen molar-refractivity contribution in [1.82, 2.24) is 4.90 Å². The molecule has 1 heterocycles. The van der Waals surface area contributed by atoms with Gasteiger partial charge in [-0.2, -0.15) is 0 Å². The van der Waals surface area contributed by atoms with Crippen molar-refractivity contribution >= 4 is 28.9 Å². The van der Waals surface area contributed by atoms with Gasteiger partial charge >= 0.3 is 0 Å². The number of halogens is 1. The summed E-state index contributed by atoms with van der Waals surface area (Å²) in [4.78, 5) is 16.9. The molecule has 1 fully saturated rings. The summed E-state index contributed by atoms with van der Waals surface area (Å²) < 4.78 is 5.38. The number of morpholine rings is 1. The summed E-state index contributed by atoms with van der Waals surface area (Å²) in [5, 5.41) is 3.71. The zero-order chi connectivity index (χ0) is 19.2. The number of carbonyl (C=O) groups is 1. The molecule has 0 unspecified atom stereocenters. The van der Waals surface area contributed by atoms with Crippen molar-refractivity contribution in [3.05, 3.63) is 59.1 Å². The van der Waals surface area contributed by atoms with Gasteiger partial charge in [-0.05, 0) is 55.9 Å². The second-order valence-corrected chi connectivity index (χ2v) is 7.29. The van der Waals surface area contributed by atoms with Crippen LogP contribution in [0.5, 0.6) is 0 Å². The maximum Gasteiger partial charge on any atom is 0.241 e. The van der Waals surface area contributed by atoms with Gasteiger partial charge in [-0.1, -0.05) is 23.7 Å². The Morgan fingerprint density at radius 3 is 2.59 bits per heavy atom. The van der Waals surface area contributed by atoms with Crippen LogP contribution in [0.3, 0.4) is 0 Å². The fourth-order valence-corrected chi connectivity index (χ4v) is 3.30. The molecule has 6 heteroatoms. The van der Waals surface area contributed by atoms with Crippen LogP contribution in [0.1, 0.15) is 12.5 Å². The maximum atomic E-state index is 12.6. The van der Waals surface area contributed by atoms with E-state index in [-0.39, 0.29) is 11.9 Å². The number of nitrogens with one attached hydrogen (secondary N) is 1. The third-order valence-electron chi connectivity index (χ3n) is 4.87. The van der Waals surface area contributed by atoms with Gasteiger partial charge in [0, 0.05) is 36.0 Å². The van der Waals surface area contributed by atoms with E-state index in [1.54, 1.807) is 0 Å². The molecule has 1 aliphatic heterocycles. The van der Waals surface area contributed by atoms with E-state index in [2.05, 4.69) is 10.2 Å². The second-order valence-electron chi connectivity index (χ2n) is 6.86. The van der Waals surface area contributed by atoms with Crippen molar-refractivity contribution < 1.29 is 9.53 Å². The largest absolute Gasteiger partial charge is 0.378 e. The van der Waals surface area contributed by atoms with Crippen LogP contribution in [0.15, 0.2) is 48.5 Å². The number of benzene rings is 2. The number of carbonyl (C=O) groups excluding carboxylic acids is 1. The van der Waals surface area contributed by atoms with Gasteiger partial charge in [-0.25, -0.2) is 0 Å². The lowest BCUT2D eigenvalue weighted by atomic mass is 10.2. The highest BCUT2D eigenvalue weighted by atomic mass is 35.5. The molecule has 0 aliphatic carbocycles. The van der Waals surface area contributed by atoms with E-state index in [1.807, 2.05) is 67.4 Å². The fraction of sp³-hybridized carbons (Fsp3) is 0.381. The molecule has 1 saturated heterocycles. The van der Waals surface area contributed by atoms with Crippen molar-refractivity contribution in [2.45, 2.75) is 19.5 Å². The van der Waals surface area contributed by atoms with Crippen molar-refractivity contribution in [3.63, 3.8) is 0 Å². The summed E-state index contributed by atoms with van der Waals surface area (Å²) in [6.07, 6.45) is 0. The van der Waals surface area contributed by atoms with Gasteiger partial charge in [0.15, 0.2) is 0 Å². The summed E-state index contributed by atoms with van der Waals surface area (Å²) in [6.45, 7) is 5.88. The minimum absolute atomic E-state index is 0.0290. The molecule has 2 aromatic carbocycles. The number of likely N-dealkylation sites (N-methyl/N-ethyl adjacent to an activating group) is 1. The summed E-state index contributed by atoms with van der Waals surface area (Å²) in [7, 11) is 1.94. The molecule has 2 aromatic rings. The number of nitrogens with zero attached hydrogens (tertiary/aromatic N) is 2. The van der Waals surface area contributed by atoms with E-state index >= 15 is 0 Å². The van der Waals surface area contributed by atoms with E-state index in [0.29, 0.717) is 11.6 Å². The molecule has 1 atom stereocenters. The lowest BCUT2D eigenvalue weighted by molar-refractivity contribution is -0.120. The molecule has 0 bridgehead atoms. The Hall–Kier alpha value is -2.08. The minimum atomic E-state index is -0.261. The summed E-state index contributed by atoms with van der Waals surface area (Å²) in [5.74, 6) is -0.0290. The third-order valence-corrected chi connectivity index (χ3v) is 5.11. The Labute approximate surface area is 165 Å². The van der Waals surface area contributed by atoms with Crippen LogP contribution in [0, 0.1) is 0 Å². The maximum absolute atomic E-state index is 12.6.